The standard InChI is InChI=1S/C26H28N5O2/c1-29(2)17-19-16-24-26(30-12-14-33-15-13-30)27-25(28-31(24)18-19)22-6-4-20(5-7-22)21-8-10-23(32-3)11-9-21/h4-10,16,18H,12-15,17H2,1-3H3. The number of hydrogen-bond donors (Lipinski definition) is 0. The number of fused-ring (bicyclic) bond motifs is 1. The maximum Gasteiger partial charge on any atom is 0.182 e. The minimum atomic E-state index is 0.712. The molecule has 0 N–H and O–H groups in total. The van der Waals surface area contributed by atoms with E-state index >= 15 is 0 Å². The molecule has 2 aromatic heterocycles. The van der Waals surface area contributed by atoms with E-state index in [2.05, 4.69) is 66.5 Å². The maximum absolute atomic E-state index is 5.57. The van der Waals surface area contributed by atoms with Crippen molar-refractivity contribution in [3.8, 4) is 28.3 Å². The Morgan fingerprint density at radius 2 is 1.76 bits per heavy atom. The molecule has 3 heterocycles. The van der Waals surface area contributed by atoms with Gasteiger partial charge in [-0.1, -0.05) is 30.3 Å². The topological polar surface area (TPSA) is 55.1 Å². The highest BCUT2D eigenvalue weighted by atomic mass is 16.5. The van der Waals surface area contributed by atoms with Gasteiger partial charge in [-0.2, -0.15) is 0 Å². The Morgan fingerprint density at radius 1 is 1.03 bits per heavy atom. The smallest absolute Gasteiger partial charge is 0.182 e. The monoisotopic (exact) mass is 442 g/mol. The maximum atomic E-state index is 5.57. The highest BCUT2D eigenvalue weighted by Crippen LogP contribution is 2.28. The van der Waals surface area contributed by atoms with E-state index < -0.39 is 0 Å². The quantitative estimate of drug-likeness (QED) is 0.453. The zero-order chi connectivity index (χ0) is 22.8. The van der Waals surface area contributed by atoms with Crippen LogP contribution >= 0.6 is 0 Å². The lowest BCUT2D eigenvalue weighted by molar-refractivity contribution is 0.122. The number of morpholine rings is 1. The first-order valence-electron chi connectivity index (χ1n) is 11.1. The van der Waals surface area contributed by atoms with Crippen molar-refractivity contribution in [1.82, 2.24) is 19.5 Å². The average molecular weight is 443 g/mol. The van der Waals surface area contributed by atoms with Gasteiger partial charge in [-0.25, -0.2) is 9.50 Å². The Labute approximate surface area is 194 Å². The largest absolute Gasteiger partial charge is 0.496 e. The summed E-state index contributed by atoms with van der Waals surface area (Å²) in [4.78, 5) is 9.47. The molecule has 0 atom stereocenters. The number of rotatable bonds is 6. The fraction of sp³-hybridized carbons (Fsp3) is 0.308. The van der Waals surface area contributed by atoms with Crippen LogP contribution in [0.5, 0.6) is 5.75 Å². The molecule has 1 saturated heterocycles. The Hall–Kier alpha value is -3.42. The third kappa shape index (κ3) is 4.55. The van der Waals surface area contributed by atoms with Crippen molar-refractivity contribution in [1.29, 1.82) is 0 Å². The molecule has 5 rings (SSSR count). The molecule has 4 aromatic rings. The van der Waals surface area contributed by atoms with Gasteiger partial charge in [-0.05, 0) is 49.0 Å². The average Bonchev–Trinajstić information content (AvgIpc) is 3.25. The molecule has 1 aliphatic rings. The molecule has 0 spiro atoms. The molecule has 0 bridgehead atoms. The van der Waals surface area contributed by atoms with Crippen LogP contribution in [0.3, 0.4) is 0 Å². The molecule has 33 heavy (non-hydrogen) atoms. The summed E-state index contributed by atoms with van der Waals surface area (Å²) in [5, 5.41) is 4.86. The third-order valence-corrected chi connectivity index (χ3v) is 5.79. The van der Waals surface area contributed by atoms with E-state index in [0.29, 0.717) is 19.0 Å². The van der Waals surface area contributed by atoms with Crippen LogP contribution in [-0.2, 0) is 11.3 Å². The lowest BCUT2D eigenvalue weighted by atomic mass is 10.0. The van der Waals surface area contributed by atoms with E-state index in [4.69, 9.17) is 19.6 Å². The molecule has 7 heteroatoms. The number of hydrogen-bond acceptors (Lipinski definition) is 6. The molecule has 1 aliphatic heterocycles. The van der Waals surface area contributed by atoms with Gasteiger partial charge in [-0.15, -0.1) is 5.10 Å². The van der Waals surface area contributed by atoms with Gasteiger partial charge in [0.2, 0.25) is 0 Å². The minimum absolute atomic E-state index is 0.712. The zero-order valence-electron chi connectivity index (χ0n) is 19.3. The van der Waals surface area contributed by atoms with Gasteiger partial charge in [0.05, 0.1) is 20.3 Å². The van der Waals surface area contributed by atoms with Crippen molar-refractivity contribution < 1.29 is 9.47 Å². The summed E-state index contributed by atoms with van der Waals surface area (Å²) in [5.74, 6) is 2.40. The van der Waals surface area contributed by atoms with Crippen LogP contribution in [-0.4, -0.2) is 67.0 Å². The molecule has 0 saturated carbocycles. The first kappa shape index (κ1) is 21.4. The second kappa shape index (κ2) is 9.21. The first-order valence-corrected chi connectivity index (χ1v) is 11.1. The molecule has 169 valence electrons. The van der Waals surface area contributed by atoms with Gasteiger partial charge in [0, 0.05) is 37.5 Å². The number of aromatic nitrogens is 3. The van der Waals surface area contributed by atoms with Crippen molar-refractivity contribution in [2.45, 2.75) is 6.54 Å². The van der Waals surface area contributed by atoms with Crippen LogP contribution in [0.2, 0.25) is 0 Å². The summed E-state index contributed by atoms with van der Waals surface area (Å²) >= 11 is 0. The fourth-order valence-corrected chi connectivity index (χ4v) is 4.15. The lowest BCUT2D eigenvalue weighted by Crippen LogP contribution is -2.37. The molecule has 0 unspecified atom stereocenters. The summed E-state index contributed by atoms with van der Waals surface area (Å²) in [6, 6.07) is 19.6. The molecule has 1 radical (unpaired) electrons. The summed E-state index contributed by atoms with van der Waals surface area (Å²) in [5.41, 5.74) is 5.43. The summed E-state index contributed by atoms with van der Waals surface area (Å²) in [6.45, 7) is 3.93. The van der Waals surface area contributed by atoms with Crippen LogP contribution in [0, 0.1) is 6.07 Å². The Kier molecular flexibility index (Phi) is 5.98. The predicted octanol–water partition coefficient (Wildman–Crippen LogP) is 3.77. The number of benzene rings is 2. The summed E-state index contributed by atoms with van der Waals surface area (Å²) < 4.78 is 12.7. The molecule has 1 fully saturated rings. The van der Waals surface area contributed by atoms with Crippen LogP contribution in [0.1, 0.15) is 5.56 Å². The first-order chi connectivity index (χ1) is 16.1. The zero-order valence-corrected chi connectivity index (χ0v) is 19.3. The minimum Gasteiger partial charge on any atom is -0.496 e. The second-order valence-electron chi connectivity index (χ2n) is 8.50. The van der Waals surface area contributed by atoms with Crippen molar-refractivity contribution in [3.05, 3.63) is 66.4 Å². The fourth-order valence-electron chi connectivity index (χ4n) is 4.15. The molecule has 0 aliphatic carbocycles. The van der Waals surface area contributed by atoms with Gasteiger partial charge in [0.15, 0.2) is 11.6 Å². The molecule has 2 aromatic carbocycles. The third-order valence-electron chi connectivity index (χ3n) is 5.79. The highest BCUT2D eigenvalue weighted by molar-refractivity contribution is 5.74. The molecular formula is C26H28N5O2. The number of ether oxygens (including phenoxy) is 2. The van der Waals surface area contributed by atoms with E-state index in [-0.39, 0.29) is 0 Å². The SMILES string of the molecule is COc1[c]cc(-c2ccc(-c3nc(N4CCOCC4)c4cc(CN(C)C)cn4n3)cc2)cc1. The van der Waals surface area contributed by atoms with E-state index in [1.807, 2.05) is 22.7 Å². The predicted molar refractivity (Wildman–Crippen MR) is 130 cm³/mol. The molecule has 0 amide bonds. The van der Waals surface area contributed by atoms with Crippen molar-refractivity contribution in [2.75, 3.05) is 52.4 Å². The van der Waals surface area contributed by atoms with Crippen LogP contribution in [0.25, 0.3) is 28.0 Å². The van der Waals surface area contributed by atoms with Gasteiger partial charge in [0.1, 0.15) is 11.3 Å². The highest BCUT2D eigenvalue weighted by Gasteiger charge is 2.19. The number of nitrogens with zero attached hydrogens (tertiary/aromatic N) is 5. The molecule has 7 nitrogen and oxygen atoms in total. The van der Waals surface area contributed by atoms with Crippen LogP contribution < -0.4 is 9.64 Å². The van der Waals surface area contributed by atoms with Gasteiger partial charge >= 0.3 is 0 Å². The van der Waals surface area contributed by atoms with Gasteiger partial charge in [0.25, 0.3) is 0 Å². The van der Waals surface area contributed by atoms with Crippen LogP contribution in [0.15, 0.2) is 54.7 Å². The van der Waals surface area contributed by atoms with Crippen molar-refractivity contribution in [2.24, 2.45) is 0 Å². The summed E-state index contributed by atoms with van der Waals surface area (Å²) in [7, 11) is 5.80. The lowest BCUT2D eigenvalue weighted by Gasteiger charge is -2.28. The van der Waals surface area contributed by atoms with E-state index in [0.717, 1.165) is 53.4 Å². The van der Waals surface area contributed by atoms with Crippen LogP contribution in [0.4, 0.5) is 5.82 Å². The second-order valence-corrected chi connectivity index (χ2v) is 8.50. The van der Waals surface area contributed by atoms with Gasteiger partial charge < -0.3 is 19.3 Å². The Balaban J connectivity index is 1.52. The number of methoxy groups -OCH3 is 1. The number of anilines is 1. The van der Waals surface area contributed by atoms with Crippen molar-refractivity contribution >= 4 is 11.3 Å². The van der Waals surface area contributed by atoms with Gasteiger partial charge in [-0.3, -0.25) is 0 Å². The van der Waals surface area contributed by atoms with E-state index in [9.17, 15) is 0 Å². The van der Waals surface area contributed by atoms with E-state index in [1.165, 1.54) is 5.56 Å². The Morgan fingerprint density at radius 3 is 2.42 bits per heavy atom. The van der Waals surface area contributed by atoms with Crippen molar-refractivity contribution in [3.63, 3.8) is 0 Å². The Bertz CT molecular complexity index is 1230. The summed E-state index contributed by atoms with van der Waals surface area (Å²) in [6.07, 6.45) is 2.10. The molecular weight excluding hydrogens is 414 g/mol. The normalized spacial score (nSPS) is 14.2. The van der Waals surface area contributed by atoms with E-state index in [1.54, 1.807) is 7.11 Å².